The van der Waals surface area contributed by atoms with Gasteiger partial charge in [-0.05, 0) is 36.2 Å². The van der Waals surface area contributed by atoms with E-state index < -0.39 is 11.7 Å². The molecule has 1 nitrogen and oxygen atoms in total. The maximum Gasteiger partial charge on any atom is 0.129 e. The highest BCUT2D eigenvalue weighted by molar-refractivity contribution is 6.31. The zero-order chi connectivity index (χ0) is 13.8. The fourth-order valence-electron chi connectivity index (χ4n) is 1.91. The van der Waals surface area contributed by atoms with E-state index >= 15 is 0 Å². The lowest BCUT2D eigenvalue weighted by Crippen LogP contribution is -2.04. The first-order valence-electron chi connectivity index (χ1n) is 5.70. The Morgan fingerprint density at radius 2 is 1.79 bits per heavy atom. The minimum Gasteiger partial charge on any atom is -0.207 e. The molecule has 0 N–H and O–H groups in total. The predicted octanol–water partition coefficient (Wildman–Crippen LogP) is 4.98. The maximum atomic E-state index is 13.8. The Hall–Kier alpha value is -1.56. The Balaban J connectivity index is 2.31. The van der Waals surface area contributed by atoms with Gasteiger partial charge in [-0.2, -0.15) is 5.26 Å². The van der Waals surface area contributed by atoms with Crippen LogP contribution in [0.5, 0.6) is 0 Å². The molecule has 1 atom stereocenters. The number of nitrogens with zero attached hydrogens (tertiary/aromatic N) is 1. The molecule has 19 heavy (non-hydrogen) atoms. The van der Waals surface area contributed by atoms with Gasteiger partial charge < -0.3 is 0 Å². The zero-order valence-corrected chi connectivity index (χ0v) is 11.4. The third kappa shape index (κ3) is 3.26. The van der Waals surface area contributed by atoms with Gasteiger partial charge in [-0.25, -0.2) is 4.39 Å². The van der Waals surface area contributed by atoms with Gasteiger partial charge in [0.05, 0.1) is 12.0 Å². The Morgan fingerprint density at radius 1 is 1.11 bits per heavy atom. The number of hydrogen-bond acceptors (Lipinski definition) is 1. The lowest BCUT2D eigenvalue weighted by molar-refractivity contribution is 0.600. The second-order valence-electron chi connectivity index (χ2n) is 4.15. The molecule has 2 aromatic carbocycles. The molecule has 0 bridgehead atoms. The average molecular weight is 294 g/mol. The van der Waals surface area contributed by atoms with E-state index in [0.29, 0.717) is 11.4 Å². The molecular weight excluding hydrogens is 284 g/mol. The quantitative estimate of drug-likeness (QED) is 0.783. The maximum absolute atomic E-state index is 13.8. The van der Waals surface area contributed by atoms with Crippen molar-refractivity contribution < 1.29 is 4.39 Å². The van der Waals surface area contributed by atoms with Crippen molar-refractivity contribution in [2.45, 2.75) is 12.3 Å². The summed E-state index contributed by atoms with van der Waals surface area (Å²) in [5.74, 6) is -1.07. The number of benzene rings is 2. The molecule has 0 aliphatic rings. The fourth-order valence-corrected chi connectivity index (χ4v) is 2.33. The van der Waals surface area contributed by atoms with E-state index in [1.54, 1.807) is 18.2 Å². The van der Waals surface area contributed by atoms with Crippen molar-refractivity contribution in [3.05, 3.63) is 69.5 Å². The molecule has 4 heteroatoms. The molecule has 1 unspecified atom stereocenters. The van der Waals surface area contributed by atoms with Crippen LogP contribution in [0.25, 0.3) is 0 Å². The Morgan fingerprint density at radius 3 is 2.37 bits per heavy atom. The van der Waals surface area contributed by atoms with Crippen LogP contribution in [0.4, 0.5) is 4.39 Å². The summed E-state index contributed by atoms with van der Waals surface area (Å²) < 4.78 is 13.8. The van der Waals surface area contributed by atoms with Crippen molar-refractivity contribution in [3.63, 3.8) is 0 Å². The average Bonchev–Trinajstić information content (AvgIpc) is 2.39. The molecular formula is C15H10Cl2FN. The third-order valence-corrected chi connectivity index (χ3v) is 3.44. The van der Waals surface area contributed by atoms with Crippen LogP contribution in [-0.2, 0) is 6.42 Å². The summed E-state index contributed by atoms with van der Waals surface area (Å²) in [5.41, 5.74) is 1.16. The minimum atomic E-state index is -0.616. The molecule has 0 saturated carbocycles. The standard InChI is InChI=1S/C15H10Cl2FN/c16-12-6-4-10(5-7-12)8-11(9-19)15-13(17)2-1-3-14(15)18/h1-7,11H,8H2. The molecule has 0 heterocycles. The molecule has 0 fully saturated rings. The van der Waals surface area contributed by atoms with Gasteiger partial charge in [-0.15, -0.1) is 0 Å². The van der Waals surface area contributed by atoms with Gasteiger partial charge in [-0.3, -0.25) is 0 Å². The van der Waals surface area contributed by atoms with Crippen LogP contribution in [0.3, 0.4) is 0 Å². The fraction of sp³-hybridized carbons (Fsp3) is 0.133. The minimum absolute atomic E-state index is 0.251. The van der Waals surface area contributed by atoms with Crippen LogP contribution < -0.4 is 0 Å². The Labute approximate surface area is 121 Å². The van der Waals surface area contributed by atoms with Gasteiger partial charge in [-0.1, -0.05) is 41.4 Å². The largest absolute Gasteiger partial charge is 0.207 e. The van der Waals surface area contributed by atoms with Crippen LogP contribution in [0, 0.1) is 17.1 Å². The molecule has 0 aromatic heterocycles. The van der Waals surface area contributed by atoms with Gasteiger partial charge in [0.1, 0.15) is 5.82 Å². The SMILES string of the molecule is N#CC(Cc1ccc(Cl)cc1)c1c(F)cccc1Cl. The Bertz CT molecular complexity index is 597. The van der Waals surface area contributed by atoms with Crippen molar-refractivity contribution in [2.75, 3.05) is 0 Å². The van der Waals surface area contributed by atoms with Gasteiger partial charge in [0.15, 0.2) is 0 Å². The van der Waals surface area contributed by atoms with Crippen LogP contribution in [0.15, 0.2) is 42.5 Å². The highest BCUT2D eigenvalue weighted by atomic mass is 35.5. The van der Waals surface area contributed by atoms with Crippen LogP contribution >= 0.6 is 23.2 Å². The van der Waals surface area contributed by atoms with E-state index in [4.69, 9.17) is 23.2 Å². The lowest BCUT2D eigenvalue weighted by Gasteiger charge is -2.12. The summed E-state index contributed by atoms with van der Waals surface area (Å²) in [7, 11) is 0. The molecule has 0 amide bonds. The monoisotopic (exact) mass is 293 g/mol. The van der Waals surface area contributed by atoms with Gasteiger partial charge in [0.25, 0.3) is 0 Å². The molecule has 0 aliphatic heterocycles. The number of hydrogen-bond donors (Lipinski definition) is 0. The third-order valence-electron chi connectivity index (χ3n) is 2.86. The first-order valence-corrected chi connectivity index (χ1v) is 6.45. The van der Waals surface area contributed by atoms with E-state index in [9.17, 15) is 9.65 Å². The molecule has 0 saturated heterocycles. The first-order chi connectivity index (χ1) is 9.11. The van der Waals surface area contributed by atoms with Crippen LogP contribution in [0.1, 0.15) is 17.0 Å². The first kappa shape index (κ1) is 13.9. The van der Waals surface area contributed by atoms with Crippen molar-refractivity contribution in [2.24, 2.45) is 0 Å². The number of nitriles is 1. The topological polar surface area (TPSA) is 23.8 Å². The van der Waals surface area contributed by atoms with E-state index in [0.717, 1.165) is 5.56 Å². The highest BCUT2D eigenvalue weighted by Crippen LogP contribution is 2.29. The van der Waals surface area contributed by atoms with Crippen molar-refractivity contribution in [1.82, 2.24) is 0 Å². The zero-order valence-electron chi connectivity index (χ0n) is 9.91. The Kier molecular flexibility index (Phi) is 4.42. The van der Waals surface area contributed by atoms with Crippen LogP contribution in [-0.4, -0.2) is 0 Å². The summed E-state index contributed by atoms with van der Waals surface area (Å²) in [6, 6.07) is 13.7. The lowest BCUT2D eigenvalue weighted by atomic mass is 9.93. The normalized spacial score (nSPS) is 11.9. The van der Waals surface area contributed by atoms with Gasteiger partial charge >= 0.3 is 0 Å². The second-order valence-corrected chi connectivity index (χ2v) is 4.99. The molecule has 96 valence electrons. The van der Waals surface area contributed by atoms with Gasteiger partial charge in [0.2, 0.25) is 0 Å². The summed E-state index contributed by atoms with van der Waals surface area (Å²) in [6.45, 7) is 0. The number of halogens is 3. The van der Waals surface area contributed by atoms with Crippen LogP contribution in [0.2, 0.25) is 10.0 Å². The number of rotatable bonds is 3. The summed E-state index contributed by atoms with van der Waals surface area (Å²) in [6.07, 6.45) is 0.397. The summed E-state index contributed by atoms with van der Waals surface area (Å²) in [5, 5.41) is 10.1. The second kappa shape index (κ2) is 6.06. The smallest absolute Gasteiger partial charge is 0.129 e. The molecule has 0 aliphatic carbocycles. The summed E-state index contributed by atoms with van der Waals surface area (Å²) >= 11 is 11.8. The van der Waals surface area contributed by atoms with Crippen molar-refractivity contribution >= 4 is 23.2 Å². The molecule has 2 aromatic rings. The van der Waals surface area contributed by atoms with Crippen molar-refractivity contribution in [3.8, 4) is 6.07 Å². The predicted molar refractivity (Wildman–Crippen MR) is 74.9 cm³/mol. The van der Waals surface area contributed by atoms with Crippen molar-refractivity contribution in [1.29, 1.82) is 5.26 Å². The van der Waals surface area contributed by atoms with E-state index in [2.05, 4.69) is 6.07 Å². The van der Waals surface area contributed by atoms with E-state index in [-0.39, 0.29) is 10.6 Å². The summed E-state index contributed by atoms with van der Waals surface area (Å²) in [4.78, 5) is 0. The van der Waals surface area contributed by atoms with Gasteiger partial charge in [0, 0.05) is 15.6 Å². The van der Waals surface area contributed by atoms with E-state index in [1.165, 1.54) is 12.1 Å². The molecule has 0 spiro atoms. The molecule has 0 radical (unpaired) electrons. The molecule has 2 rings (SSSR count). The highest BCUT2D eigenvalue weighted by Gasteiger charge is 2.19. The van der Waals surface area contributed by atoms with E-state index in [1.807, 2.05) is 12.1 Å².